The second-order valence-corrected chi connectivity index (χ2v) is 52.0. The second-order valence-electron chi connectivity index (χ2n) is 31.7. The molecule has 8 fully saturated rings. The summed E-state index contributed by atoms with van der Waals surface area (Å²) in [7, 11) is -16.2. The normalized spacial score (nSPS) is 30.4. The zero-order chi connectivity index (χ0) is 92.9. The number of imide groups is 4. The first-order valence-electron chi connectivity index (χ1n) is 44.6. The number of hydrogen-bond donors (Lipinski definition) is 10. The lowest BCUT2D eigenvalue weighted by Gasteiger charge is -2.39. The first-order valence-corrected chi connectivity index (χ1v) is 58.2. The number of rotatable bonds is 43. The van der Waals surface area contributed by atoms with E-state index in [2.05, 4.69) is 15.5 Å². The molecule has 43 nitrogen and oxygen atoms in total. The van der Waals surface area contributed by atoms with Gasteiger partial charge < -0.3 is 133 Å². The number of aliphatic hydroxyl groups is 3. The van der Waals surface area contributed by atoms with Crippen LogP contribution in [0.4, 0.5) is 0 Å². The molecule has 0 aromatic rings. The largest absolute Gasteiger partial charge is 0.500 e. The van der Waals surface area contributed by atoms with Crippen molar-refractivity contribution in [1.29, 1.82) is 0 Å². The van der Waals surface area contributed by atoms with Gasteiger partial charge in [-0.05, 0) is 137 Å². The molecule has 0 radical (unpaired) electrons. The van der Waals surface area contributed by atoms with Gasteiger partial charge in [-0.25, -0.2) is 4.79 Å². The Balaban J connectivity index is 0.000000249. The fraction of sp³-hybridized carbons (Fsp3) is 0.779. The van der Waals surface area contributed by atoms with Crippen LogP contribution in [0.1, 0.15) is 175 Å². The van der Waals surface area contributed by atoms with Crippen molar-refractivity contribution >= 4 is 127 Å². The van der Waals surface area contributed by atoms with Crippen molar-refractivity contribution in [3.8, 4) is 0 Å². The molecule has 11 rings (SSSR count). The molecule has 0 aromatic heterocycles. The van der Waals surface area contributed by atoms with E-state index in [1.807, 2.05) is 20.8 Å². The summed E-state index contributed by atoms with van der Waals surface area (Å²) in [5.41, 5.74) is 29.0. The van der Waals surface area contributed by atoms with Crippen LogP contribution in [0, 0.1) is 0 Å². The van der Waals surface area contributed by atoms with Crippen LogP contribution in [0.25, 0.3) is 0 Å². The highest BCUT2D eigenvalue weighted by Crippen LogP contribution is 2.47. The summed E-state index contributed by atoms with van der Waals surface area (Å²) >= 11 is 0. The molecule has 3 aliphatic carbocycles. The number of aliphatic hydroxyl groups excluding tert-OH is 3. The van der Waals surface area contributed by atoms with E-state index < -0.39 is 151 Å². The minimum Gasteiger partial charge on any atom is -0.390 e. The smallest absolute Gasteiger partial charge is 0.390 e. The van der Waals surface area contributed by atoms with Crippen molar-refractivity contribution in [2.45, 2.75) is 272 Å². The predicted octanol–water partition coefficient (Wildman–Crippen LogP) is 0.745. The molecule has 8 heterocycles. The zero-order valence-corrected chi connectivity index (χ0v) is 81.6. The van der Waals surface area contributed by atoms with E-state index in [4.69, 9.17) is 118 Å². The lowest BCUT2D eigenvalue weighted by Crippen LogP contribution is -2.62. The van der Waals surface area contributed by atoms with Gasteiger partial charge >= 0.3 is 67.6 Å². The van der Waals surface area contributed by atoms with E-state index in [0.717, 1.165) is 104 Å². The minimum absolute atomic E-state index is 0.00573. The van der Waals surface area contributed by atoms with Gasteiger partial charge in [0.25, 0.3) is 47.3 Å². The maximum absolute atomic E-state index is 12.6. The molecule has 4 bridgehead atoms. The Morgan fingerprint density at radius 2 is 0.709 bits per heavy atom. The Bertz CT molecular complexity index is 3430. The third kappa shape index (κ3) is 32.2. The fourth-order valence-corrected chi connectivity index (χ4v) is 43.3. The molecule has 5 saturated heterocycles. The molecular formula is C77H139N11O32Si7. The van der Waals surface area contributed by atoms with Gasteiger partial charge in [0.15, 0.2) is 0 Å². The maximum Gasteiger partial charge on any atom is 0.500 e. The van der Waals surface area contributed by atoms with Crippen LogP contribution in [-0.2, 0) is 132 Å². The summed E-state index contributed by atoms with van der Waals surface area (Å²) in [5.74, 6) is -5.36. The summed E-state index contributed by atoms with van der Waals surface area (Å²) in [6.07, 6.45) is 16.9. The van der Waals surface area contributed by atoms with Crippen LogP contribution in [0.5, 0.6) is 0 Å². The van der Waals surface area contributed by atoms with E-state index >= 15 is 0 Å². The number of carbonyl (C=O) groups is 11. The molecule has 11 aliphatic rings. The highest BCUT2D eigenvalue weighted by Gasteiger charge is 2.68. The molecule has 722 valence electrons. The zero-order valence-electron chi connectivity index (χ0n) is 74.6. The number of fused-ring (bicyclic) bond motifs is 2. The Labute approximate surface area is 751 Å². The van der Waals surface area contributed by atoms with Crippen molar-refractivity contribution in [3.05, 3.63) is 36.5 Å². The second kappa shape index (κ2) is 54.2. The molecule has 127 heavy (non-hydrogen) atoms. The molecule has 0 spiro atoms. The molecule has 50 heteroatoms. The topological polar surface area (TPSA) is 582 Å². The quantitative estimate of drug-likeness (QED) is 0.0174. The Morgan fingerprint density at radius 1 is 0.417 bits per heavy atom. The Morgan fingerprint density at radius 3 is 1.01 bits per heavy atom. The lowest BCUT2D eigenvalue weighted by atomic mass is 10.1. The van der Waals surface area contributed by atoms with Crippen LogP contribution in [0.3, 0.4) is 0 Å². The van der Waals surface area contributed by atoms with E-state index in [0.29, 0.717) is 145 Å². The number of carbonyl (C=O) groups excluding carboxylic acids is 11. The van der Waals surface area contributed by atoms with Gasteiger partial charge in [-0.1, -0.05) is 38.5 Å². The summed E-state index contributed by atoms with van der Waals surface area (Å²) < 4.78 is 110. The average Bonchev–Trinajstić information content (AvgIpc) is 1.60. The van der Waals surface area contributed by atoms with Crippen molar-refractivity contribution in [1.82, 2.24) is 30.4 Å². The van der Waals surface area contributed by atoms with Crippen molar-refractivity contribution in [2.75, 3.05) is 114 Å². The summed E-state index contributed by atoms with van der Waals surface area (Å²) in [4.78, 5) is 136. The maximum atomic E-state index is 12.6. The van der Waals surface area contributed by atoms with E-state index in [9.17, 15) is 52.7 Å². The third-order valence-electron chi connectivity index (χ3n) is 22.5. The van der Waals surface area contributed by atoms with E-state index in [1.165, 1.54) is 24.3 Å². The van der Waals surface area contributed by atoms with Crippen LogP contribution in [-0.4, -0.2) is 330 Å². The number of nitrogens with two attached hydrogens (primary N) is 5. The highest BCUT2D eigenvalue weighted by atomic mass is 28.5. The molecule has 15 N–H and O–H groups in total. The lowest BCUT2D eigenvalue weighted by molar-refractivity contribution is -0.197. The number of nitrogens with zero attached hydrogens (tertiary/aromatic N) is 4. The molecule has 10 amide bonds. The van der Waals surface area contributed by atoms with Crippen LogP contribution in [0.2, 0.25) is 42.3 Å². The first-order chi connectivity index (χ1) is 60.9. The van der Waals surface area contributed by atoms with Gasteiger partial charge in [0.1, 0.15) is 6.10 Å². The number of hydrogen-bond acceptors (Lipinski definition) is 37. The first kappa shape index (κ1) is 109. The fourth-order valence-electron chi connectivity index (χ4n) is 15.9. The van der Waals surface area contributed by atoms with Gasteiger partial charge in [0.2, 0.25) is 11.8 Å². The summed E-state index contributed by atoms with van der Waals surface area (Å²) in [6, 6.07) is 3.74. The highest BCUT2D eigenvalue weighted by molar-refractivity contribution is 6.82. The van der Waals surface area contributed by atoms with Gasteiger partial charge in [-0.15, -0.1) is 5.06 Å². The minimum atomic E-state index is -3.68. The third-order valence-corrected chi connectivity index (χ3v) is 47.8. The van der Waals surface area contributed by atoms with E-state index in [-0.39, 0.29) is 95.0 Å². The molecular weight excluding hydrogens is 1790 g/mol. The molecule has 8 aliphatic heterocycles. The van der Waals surface area contributed by atoms with Crippen LogP contribution < -0.4 is 39.3 Å². The summed E-state index contributed by atoms with van der Waals surface area (Å²) in [5, 5.41) is 33.5. The van der Waals surface area contributed by atoms with Crippen molar-refractivity contribution in [3.63, 3.8) is 0 Å². The number of amides is 10. The van der Waals surface area contributed by atoms with Crippen molar-refractivity contribution < 1.29 is 147 Å². The molecule has 10 atom stereocenters. The average molecular weight is 1930 g/mol. The van der Waals surface area contributed by atoms with Gasteiger partial charge in [-0.2, -0.15) is 0 Å². The molecule has 0 aromatic carbocycles. The SMILES string of the molecule is CCO[Si](CCCN)(OCC)OCC.CO[Si]1(CCCN)OC2CCCCC3O[Si](CCCN)(OC)O[Si](CCCN)(OC23)O1.CO[Si]1(CCCNC(=O)CCN2C(=O)C=CC2=O)OC2CCCCC3O[Si](CCCNC(=O)CCN4C(=O)C=CC4=O)(OC)O[Si](CCCN)(OC23)O1.O=C(CCN1C(=O)C=CC1=O)ON1C(=O)CCC1=O.OC1CCCCC(O)C1O. The monoisotopic (exact) mass is 1930 g/mol. The Kier molecular flexibility index (Phi) is 46.4. The predicted molar refractivity (Wildman–Crippen MR) is 466 cm³/mol. The van der Waals surface area contributed by atoms with Gasteiger partial charge in [0, 0.05) is 185 Å². The molecule has 3 saturated carbocycles. The van der Waals surface area contributed by atoms with Gasteiger partial charge in [-0.3, -0.25) is 62.6 Å². The van der Waals surface area contributed by atoms with Gasteiger partial charge in [0.05, 0.1) is 55.3 Å². The van der Waals surface area contributed by atoms with Crippen LogP contribution in [0.15, 0.2) is 36.5 Å². The Hall–Kier alpha value is -5.29. The van der Waals surface area contributed by atoms with Crippen molar-refractivity contribution in [2.24, 2.45) is 28.7 Å². The molecule has 10 unspecified atom stereocenters. The standard InChI is InChI=1S/C32H51N5O13Si3.C18H41N3O7Si3.C11H10N2O6.C9H23NO3Si.C7H14O3/c1-44-51(22-6-17-34-26(38)14-19-36-28(40)10-11-29(36)41)46-24-8-3-4-9-25-32(24)48-53(49-51,21-5-16-33)50-52(45-2,47-25)23-7-18-35-27(39)15-20-37-30(42)12-13-31(37)43;1-22-29(13-5-10-19)24-16-8-3-4-9-17-18(16)26-31(27-29,15-7-12-21)28-30(23-2,25-17)14-6-11-20;14-7-1-2-8(15)12(7)6-5-11(18)19-13-9(16)3-4-10(13)17;1-4-11-14(12-5-2,13-6-3)9-7-8-10;8-5-3-1-2-4-6(9)7(5)10/h10-13,24-25,32H,3-9,14-23,33H2,1-2H3,(H,34,38)(H,35,39);16-18H,3-15,19-21H2,1-2H3;1-2H,3-6H2;4-10H2,1-3H3;5-10H,1-4H2. The number of hydroxylamine groups is 2. The van der Waals surface area contributed by atoms with E-state index in [1.54, 1.807) is 28.4 Å². The van der Waals surface area contributed by atoms with Crippen LogP contribution >= 0.6 is 0 Å². The summed E-state index contributed by atoms with van der Waals surface area (Å²) in [6.45, 7) is 10.8. The number of nitrogens with one attached hydrogen (secondary N) is 2.